The van der Waals surface area contributed by atoms with Gasteiger partial charge in [-0.3, -0.25) is 9.59 Å². The molecule has 0 saturated carbocycles. The van der Waals surface area contributed by atoms with Crippen LogP contribution in [0.25, 0.3) is 0 Å². The zero-order chi connectivity index (χ0) is 21.5. The van der Waals surface area contributed by atoms with Gasteiger partial charge in [0, 0.05) is 22.9 Å². The molecule has 0 fully saturated rings. The van der Waals surface area contributed by atoms with E-state index in [-0.39, 0.29) is 29.8 Å². The van der Waals surface area contributed by atoms with Gasteiger partial charge in [-0.05, 0) is 49.4 Å². The van der Waals surface area contributed by atoms with Gasteiger partial charge < -0.3 is 15.2 Å². The summed E-state index contributed by atoms with van der Waals surface area (Å²) in [6.45, 7) is 2.45. The normalized spacial score (nSPS) is 10.6. The average Bonchev–Trinajstić information content (AvgIpc) is 3.09. The number of carbonyl (C=O) groups excluding carboxylic acids is 2. The first-order valence-electron chi connectivity index (χ1n) is 9.10. The molecule has 0 spiro atoms. The molecule has 10 heteroatoms. The van der Waals surface area contributed by atoms with Crippen molar-refractivity contribution in [3.63, 3.8) is 0 Å². The van der Waals surface area contributed by atoms with E-state index in [9.17, 15) is 14.0 Å². The Morgan fingerprint density at radius 2 is 1.80 bits per heavy atom. The van der Waals surface area contributed by atoms with Gasteiger partial charge in [-0.15, -0.1) is 10.2 Å². The van der Waals surface area contributed by atoms with E-state index < -0.39 is 0 Å². The molecule has 7 nitrogen and oxygen atoms in total. The predicted molar refractivity (Wildman–Crippen MR) is 115 cm³/mol. The molecular weight excluding hydrogens is 429 g/mol. The molecule has 0 aliphatic heterocycles. The van der Waals surface area contributed by atoms with Gasteiger partial charge in [0.2, 0.25) is 11.8 Å². The van der Waals surface area contributed by atoms with Crippen molar-refractivity contribution in [2.75, 3.05) is 16.4 Å². The third-order valence-electron chi connectivity index (χ3n) is 4.00. The van der Waals surface area contributed by atoms with Gasteiger partial charge >= 0.3 is 0 Å². The van der Waals surface area contributed by atoms with E-state index >= 15 is 0 Å². The molecule has 156 valence electrons. The molecule has 0 unspecified atom stereocenters. The van der Waals surface area contributed by atoms with Crippen LogP contribution in [0.2, 0.25) is 5.02 Å². The maximum absolute atomic E-state index is 13.0. The highest BCUT2D eigenvalue weighted by Gasteiger charge is 2.16. The van der Waals surface area contributed by atoms with Crippen LogP contribution >= 0.6 is 23.4 Å². The molecule has 3 aromatic rings. The number of thioether (sulfide) groups is 1. The molecule has 30 heavy (non-hydrogen) atoms. The number of hydrogen-bond donors (Lipinski definition) is 2. The molecule has 3 rings (SSSR count). The van der Waals surface area contributed by atoms with Gasteiger partial charge in [0.1, 0.15) is 11.6 Å². The summed E-state index contributed by atoms with van der Waals surface area (Å²) in [5.74, 6) is -0.260. The van der Waals surface area contributed by atoms with E-state index in [2.05, 4.69) is 20.8 Å². The molecule has 2 amide bonds. The van der Waals surface area contributed by atoms with Gasteiger partial charge in [-0.2, -0.15) is 0 Å². The Morgan fingerprint density at radius 1 is 1.07 bits per heavy atom. The monoisotopic (exact) mass is 447 g/mol. The summed E-state index contributed by atoms with van der Waals surface area (Å²) in [6, 6.07) is 12.4. The Labute approximate surface area is 182 Å². The van der Waals surface area contributed by atoms with Crippen LogP contribution in [0.1, 0.15) is 12.7 Å². The summed E-state index contributed by atoms with van der Waals surface area (Å²) in [5, 5.41) is 14.7. The highest BCUT2D eigenvalue weighted by atomic mass is 35.5. The Balaban J connectivity index is 1.57. The van der Waals surface area contributed by atoms with E-state index in [1.165, 1.54) is 36.0 Å². The van der Waals surface area contributed by atoms with Gasteiger partial charge in [-0.25, -0.2) is 4.39 Å². The summed E-state index contributed by atoms with van der Waals surface area (Å²) in [6.07, 6.45) is 0.00743. The molecule has 1 heterocycles. The lowest BCUT2D eigenvalue weighted by molar-refractivity contribution is -0.116. The highest BCUT2D eigenvalue weighted by Crippen LogP contribution is 2.19. The van der Waals surface area contributed by atoms with Crippen LogP contribution in [0.15, 0.2) is 53.7 Å². The van der Waals surface area contributed by atoms with Gasteiger partial charge in [0.15, 0.2) is 5.16 Å². The van der Waals surface area contributed by atoms with E-state index in [4.69, 9.17) is 11.6 Å². The highest BCUT2D eigenvalue weighted by molar-refractivity contribution is 7.99. The first kappa shape index (κ1) is 21.8. The third-order valence-corrected chi connectivity index (χ3v) is 5.20. The SMILES string of the molecule is CCn1c(CC(=O)Nc2ccc(F)cc2)nnc1SCC(=O)Nc1cccc(Cl)c1. The largest absolute Gasteiger partial charge is 0.326 e. The fourth-order valence-corrected chi connectivity index (χ4v) is 3.66. The number of amides is 2. The molecule has 0 bridgehead atoms. The second-order valence-corrected chi connectivity index (χ2v) is 7.60. The lowest BCUT2D eigenvalue weighted by Crippen LogP contribution is -2.18. The second kappa shape index (κ2) is 10.2. The third kappa shape index (κ3) is 6.04. The molecule has 0 aliphatic rings. The van der Waals surface area contributed by atoms with Crippen molar-refractivity contribution >= 4 is 46.6 Å². The quantitative estimate of drug-likeness (QED) is 0.509. The van der Waals surface area contributed by atoms with Crippen LogP contribution in [0.4, 0.5) is 15.8 Å². The van der Waals surface area contributed by atoms with Crippen molar-refractivity contribution < 1.29 is 14.0 Å². The van der Waals surface area contributed by atoms with Crippen molar-refractivity contribution in [1.29, 1.82) is 0 Å². The van der Waals surface area contributed by atoms with Crippen LogP contribution in [-0.2, 0) is 22.6 Å². The first-order valence-corrected chi connectivity index (χ1v) is 10.5. The molecule has 0 radical (unpaired) electrons. The zero-order valence-electron chi connectivity index (χ0n) is 16.1. The van der Waals surface area contributed by atoms with E-state index in [0.717, 1.165) is 0 Å². The van der Waals surface area contributed by atoms with Crippen molar-refractivity contribution in [1.82, 2.24) is 14.8 Å². The topological polar surface area (TPSA) is 88.9 Å². The van der Waals surface area contributed by atoms with Crippen molar-refractivity contribution in [3.05, 3.63) is 65.2 Å². The maximum atomic E-state index is 13.0. The predicted octanol–water partition coefficient (Wildman–Crippen LogP) is 4.00. The summed E-state index contributed by atoms with van der Waals surface area (Å²) >= 11 is 7.14. The summed E-state index contributed by atoms with van der Waals surface area (Å²) in [7, 11) is 0. The van der Waals surface area contributed by atoms with Gasteiger partial charge in [-0.1, -0.05) is 29.4 Å². The minimum Gasteiger partial charge on any atom is -0.326 e. The number of nitrogens with zero attached hydrogens (tertiary/aromatic N) is 3. The van der Waals surface area contributed by atoms with Crippen LogP contribution < -0.4 is 10.6 Å². The first-order chi connectivity index (χ1) is 14.4. The number of carbonyl (C=O) groups is 2. The number of halogens is 2. The van der Waals surface area contributed by atoms with E-state index in [1.54, 1.807) is 28.8 Å². The Kier molecular flexibility index (Phi) is 7.42. The molecule has 2 aromatic carbocycles. The number of benzene rings is 2. The molecular formula is C20H19ClFN5O2S. The van der Waals surface area contributed by atoms with Crippen LogP contribution in [0.3, 0.4) is 0 Å². The number of hydrogen-bond acceptors (Lipinski definition) is 5. The molecule has 0 atom stereocenters. The molecule has 2 N–H and O–H groups in total. The number of anilines is 2. The summed E-state index contributed by atoms with van der Waals surface area (Å²) < 4.78 is 14.8. The minimum atomic E-state index is -0.375. The lowest BCUT2D eigenvalue weighted by Gasteiger charge is -2.08. The van der Waals surface area contributed by atoms with Crippen molar-refractivity contribution in [3.8, 4) is 0 Å². The van der Waals surface area contributed by atoms with E-state index in [0.29, 0.717) is 33.9 Å². The smallest absolute Gasteiger partial charge is 0.234 e. The Bertz CT molecular complexity index is 1040. The number of rotatable bonds is 8. The molecule has 0 aliphatic carbocycles. The Morgan fingerprint density at radius 3 is 2.50 bits per heavy atom. The lowest BCUT2D eigenvalue weighted by atomic mass is 10.3. The van der Waals surface area contributed by atoms with Crippen molar-refractivity contribution in [2.24, 2.45) is 0 Å². The number of aromatic nitrogens is 3. The van der Waals surface area contributed by atoms with Crippen molar-refractivity contribution in [2.45, 2.75) is 25.0 Å². The molecule has 0 saturated heterocycles. The van der Waals surface area contributed by atoms with Gasteiger partial charge in [0.25, 0.3) is 0 Å². The number of nitrogens with one attached hydrogen (secondary N) is 2. The van der Waals surface area contributed by atoms with Crippen LogP contribution in [0.5, 0.6) is 0 Å². The zero-order valence-corrected chi connectivity index (χ0v) is 17.6. The summed E-state index contributed by atoms with van der Waals surface area (Å²) in [4.78, 5) is 24.5. The van der Waals surface area contributed by atoms with E-state index in [1.807, 2.05) is 6.92 Å². The minimum absolute atomic E-state index is 0.00743. The second-order valence-electron chi connectivity index (χ2n) is 6.22. The fraction of sp³-hybridized carbons (Fsp3) is 0.200. The van der Waals surface area contributed by atoms with Crippen LogP contribution in [-0.4, -0.2) is 32.3 Å². The standard InChI is InChI=1S/C20H19ClFN5O2S/c1-2-27-17(11-18(28)23-15-8-6-14(22)7-9-15)25-26-20(27)30-12-19(29)24-16-5-3-4-13(21)10-16/h3-10H,2,11-12H2,1H3,(H,23,28)(H,24,29). The van der Waals surface area contributed by atoms with Crippen LogP contribution in [0, 0.1) is 5.82 Å². The Hall–Kier alpha value is -2.91. The molecule has 1 aromatic heterocycles. The maximum Gasteiger partial charge on any atom is 0.234 e. The fourth-order valence-electron chi connectivity index (χ4n) is 2.65. The van der Waals surface area contributed by atoms with Gasteiger partial charge in [0.05, 0.1) is 12.2 Å². The summed E-state index contributed by atoms with van der Waals surface area (Å²) in [5.41, 5.74) is 1.11. The average molecular weight is 448 g/mol.